The van der Waals surface area contributed by atoms with Crippen LogP contribution in [0.1, 0.15) is 38.3 Å². The first-order valence-electron chi connectivity index (χ1n) is 7.59. The summed E-state index contributed by atoms with van der Waals surface area (Å²) in [7, 11) is 0. The van der Waals surface area contributed by atoms with Crippen molar-refractivity contribution < 1.29 is 15.0 Å². The largest absolute Gasteiger partial charge is 0.481 e. The van der Waals surface area contributed by atoms with Crippen LogP contribution in [0.4, 0.5) is 0 Å². The van der Waals surface area contributed by atoms with Crippen LogP contribution in [0, 0.1) is 0 Å². The zero-order chi connectivity index (χ0) is 17.0. The van der Waals surface area contributed by atoms with Crippen molar-refractivity contribution in [3.63, 3.8) is 0 Å². The third kappa shape index (κ3) is 3.87. The maximum absolute atomic E-state index is 12.4. The Morgan fingerprint density at radius 1 is 1.30 bits per heavy atom. The molecule has 2 aromatic rings. The lowest BCUT2D eigenvalue weighted by molar-refractivity contribution is -0.136. The summed E-state index contributed by atoms with van der Waals surface area (Å²) in [5.74, 6) is -0.838. The minimum atomic E-state index is -0.838. The molecular formula is C16H21N3O4. The average molecular weight is 319 g/mol. The van der Waals surface area contributed by atoms with Crippen LogP contribution in [-0.2, 0) is 11.2 Å². The number of aliphatic hydroxyl groups excluding tert-OH is 1. The summed E-state index contributed by atoms with van der Waals surface area (Å²) >= 11 is 0. The molecule has 2 atom stereocenters. The Labute approximate surface area is 133 Å². The number of aliphatic carboxylic acids is 1. The Bertz CT molecular complexity index is 716. The molecule has 0 radical (unpaired) electrons. The minimum absolute atomic E-state index is 0.0732. The second-order valence-electron chi connectivity index (χ2n) is 5.50. The molecule has 1 aromatic heterocycles. The fraction of sp³-hybridized carbons (Fsp3) is 0.438. The van der Waals surface area contributed by atoms with Crippen molar-refractivity contribution in [2.45, 2.75) is 45.3 Å². The molecule has 2 unspecified atom stereocenters. The molecule has 0 amide bonds. The molecule has 7 nitrogen and oxygen atoms in total. The van der Waals surface area contributed by atoms with Crippen molar-refractivity contribution in [1.82, 2.24) is 14.3 Å². The first-order chi connectivity index (χ1) is 10.9. The van der Waals surface area contributed by atoms with Gasteiger partial charge in [0.05, 0.1) is 17.8 Å². The summed E-state index contributed by atoms with van der Waals surface area (Å²) < 4.78 is 2.70. The van der Waals surface area contributed by atoms with Crippen LogP contribution in [0.2, 0.25) is 0 Å². The maximum Gasteiger partial charge on any atom is 0.350 e. The van der Waals surface area contributed by atoms with Gasteiger partial charge < -0.3 is 10.2 Å². The van der Waals surface area contributed by atoms with Gasteiger partial charge in [0.25, 0.3) is 0 Å². The van der Waals surface area contributed by atoms with Crippen LogP contribution in [-0.4, -0.2) is 36.6 Å². The van der Waals surface area contributed by atoms with E-state index in [0.29, 0.717) is 18.5 Å². The van der Waals surface area contributed by atoms with Crippen molar-refractivity contribution in [3.8, 4) is 5.69 Å². The third-order valence-corrected chi connectivity index (χ3v) is 3.82. The summed E-state index contributed by atoms with van der Waals surface area (Å²) in [5, 5.41) is 22.5. The lowest BCUT2D eigenvalue weighted by Gasteiger charge is -2.16. The highest BCUT2D eigenvalue weighted by atomic mass is 16.4. The van der Waals surface area contributed by atoms with Crippen molar-refractivity contribution >= 4 is 5.97 Å². The van der Waals surface area contributed by atoms with E-state index in [0.717, 1.165) is 5.56 Å². The number of carboxylic acid groups (broad SMARTS) is 1. The standard InChI is InChI=1S/C16H21N3O4/c1-3-14(11(2)20)19-16(23)18(10-17-19)13-7-4-12(5-8-13)6-9-15(21)22/h4-5,7-8,10-11,14,20H,3,6,9H2,1-2H3,(H,21,22). The van der Waals surface area contributed by atoms with Gasteiger partial charge in [-0.3, -0.25) is 4.79 Å². The molecule has 0 bridgehead atoms. The van der Waals surface area contributed by atoms with Gasteiger partial charge in [-0.15, -0.1) is 0 Å². The topological polar surface area (TPSA) is 97.3 Å². The van der Waals surface area contributed by atoms with E-state index in [9.17, 15) is 14.7 Å². The van der Waals surface area contributed by atoms with E-state index in [-0.39, 0.29) is 18.2 Å². The van der Waals surface area contributed by atoms with Gasteiger partial charge in [-0.2, -0.15) is 5.10 Å². The Morgan fingerprint density at radius 2 is 1.96 bits per heavy atom. The van der Waals surface area contributed by atoms with Crippen LogP contribution < -0.4 is 5.69 Å². The first kappa shape index (κ1) is 17.0. The molecule has 23 heavy (non-hydrogen) atoms. The van der Waals surface area contributed by atoms with Gasteiger partial charge in [-0.05, 0) is 37.5 Å². The van der Waals surface area contributed by atoms with E-state index in [4.69, 9.17) is 5.11 Å². The number of hydrogen-bond donors (Lipinski definition) is 2. The van der Waals surface area contributed by atoms with Gasteiger partial charge in [0.1, 0.15) is 6.33 Å². The van der Waals surface area contributed by atoms with E-state index in [1.807, 2.05) is 6.92 Å². The van der Waals surface area contributed by atoms with Gasteiger partial charge in [-0.1, -0.05) is 19.1 Å². The number of rotatable bonds is 7. The molecule has 0 spiro atoms. The molecule has 2 N–H and O–H groups in total. The third-order valence-electron chi connectivity index (χ3n) is 3.82. The fourth-order valence-electron chi connectivity index (χ4n) is 2.51. The smallest absolute Gasteiger partial charge is 0.350 e. The van der Waals surface area contributed by atoms with E-state index in [2.05, 4.69) is 5.10 Å². The molecular weight excluding hydrogens is 298 g/mol. The van der Waals surface area contributed by atoms with Gasteiger partial charge in [0.2, 0.25) is 0 Å². The van der Waals surface area contributed by atoms with Gasteiger partial charge in [0.15, 0.2) is 0 Å². The van der Waals surface area contributed by atoms with Crippen molar-refractivity contribution in [2.24, 2.45) is 0 Å². The van der Waals surface area contributed by atoms with E-state index >= 15 is 0 Å². The second kappa shape index (κ2) is 7.23. The molecule has 1 heterocycles. The Balaban J connectivity index is 2.24. The van der Waals surface area contributed by atoms with E-state index < -0.39 is 12.1 Å². The van der Waals surface area contributed by atoms with Gasteiger partial charge in [-0.25, -0.2) is 14.0 Å². The molecule has 0 aliphatic carbocycles. The highest BCUT2D eigenvalue weighted by molar-refractivity contribution is 5.67. The number of nitrogens with zero attached hydrogens (tertiary/aromatic N) is 3. The number of hydrogen-bond acceptors (Lipinski definition) is 4. The average Bonchev–Trinajstić information content (AvgIpc) is 2.88. The van der Waals surface area contributed by atoms with Gasteiger partial charge in [0, 0.05) is 6.42 Å². The number of benzene rings is 1. The molecule has 0 saturated heterocycles. The van der Waals surface area contributed by atoms with Gasteiger partial charge >= 0.3 is 11.7 Å². The molecule has 0 aliphatic rings. The molecule has 7 heteroatoms. The number of aryl methyl sites for hydroxylation is 1. The Kier molecular flexibility index (Phi) is 5.33. The van der Waals surface area contributed by atoms with Crippen LogP contribution in [0.5, 0.6) is 0 Å². The van der Waals surface area contributed by atoms with Crippen LogP contribution in [0.15, 0.2) is 35.4 Å². The van der Waals surface area contributed by atoms with Crippen molar-refractivity contribution in [3.05, 3.63) is 46.6 Å². The molecule has 0 fully saturated rings. The number of aromatic nitrogens is 3. The lowest BCUT2D eigenvalue weighted by atomic mass is 10.1. The molecule has 2 rings (SSSR count). The summed E-state index contributed by atoms with van der Waals surface area (Å²) in [6.07, 6.45) is 1.88. The summed E-state index contributed by atoms with van der Waals surface area (Å²) in [4.78, 5) is 23.0. The molecule has 1 aromatic carbocycles. The fourth-order valence-corrected chi connectivity index (χ4v) is 2.51. The Morgan fingerprint density at radius 3 is 2.48 bits per heavy atom. The minimum Gasteiger partial charge on any atom is -0.481 e. The van der Waals surface area contributed by atoms with E-state index in [1.165, 1.54) is 15.6 Å². The Hall–Kier alpha value is -2.41. The second-order valence-corrected chi connectivity index (χ2v) is 5.50. The lowest BCUT2D eigenvalue weighted by Crippen LogP contribution is -2.32. The molecule has 124 valence electrons. The van der Waals surface area contributed by atoms with Crippen LogP contribution >= 0.6 is 0 Å². The summed E-state index contributed by atoms with van der Waals surface area (Å²) in [6.45, 7) is 3.52. The predicted molar refractivity (Wildman–Crippen MR) is 84.8 cm³/mol. The predicted octanol–water partition coefficient (Wildman–Crippen LogP) is 1.38. The summed E-state index contributed by atoms with van der Waals surface area (Å²) in [6, 6.07) is 6.75. The number of carboxylic acids is 1. The summed E-state index contributed by atoms with van der Waals surface area (Å²) in [5.41, 5.74) is 1.24. The quantitative estimate of drug-likeness (QED) is 0.803. The van der Waals surface area contributed by atoms with Crippen LogP contribution in [0.3, 0.4) is 0 Å². The van der Waals surface area contributed by atoms with Crippen molar-refractivity contribution in [1.29, 1.82) is 0 Å². The highest BCUT2D eigenvalue weighted by Crippen LogP contribution is 2.14. The zero-order valence-corrected chi connectivity index (χ0v) is 13.2. The molecule has 0 aliphatic heterocycles. The molecule has 0 saturated carbocycles. The monoisotopic (exact) mass is 319 g/mol. The maximum atomic E-state index is 12.4. The normalized spacial score (nSPS) is 13.7. The van der Waals surface area contributed by atoms with Crippen LogP contribution in [0.25, 0.3) is 5.69 Å². The SMILES string of the molecule is CCC(C(C)O)n1ncn(-c2ccc(CCC(=O)O)cc2)c1=O. The first-order valence-corrected chi connectivity index (χ1v) is 7.59. The number of carbonyl (C=O) groups is 1. The zero-order valence-electron chi connectivity index (χ0n) is 13.2. The van der Waals surface area contributed by atoms with E-state index in [1.54, 1.807) is 31.2 Å². The number of aliphatic hydroxyl groups is 1. The van der Waals surface area contributed by atoms with Crippen molar-refractivity contribution in [2.75, 3.05) is 0 Å². The highest BCUT2D eigenvalue weighted by Gasteiger charge is 2.19.